The number of aliphatic carboxylic acids is 1. The zero-order chi connectivity index (χ0) is 12.0. The third kappa shape index (κ3) is 1.43. The van der Waals surface area contributed by atoms with Gasteiger partial charge in [-0.1, -0.05) is 29.8 Å². The summed E-state index contributed by atoms with van der Waals surface area (Å²) in [5, 5.41) is 9.21. The van der Waals surface area contributed by atoms with E-state index < -0.39 is 11.5 Å². The Hall–Kier alpha value is -1.35. The average molecular weight is 219 g/mol. The minimum Gasteiger partial charge on any atom is -0.480 e. The number of nitrogens with two attached hydrogens (primary N) is 1. The maximum atomic E-state index is 11.2. The van der Waals surface area contributed by atoms with Gasteiger partial charge in [-0.3, -0.25) is 4.79 Å². The highest BCUT2D eigenvalue weighted by Gasteiger charge is 2.59. The first kappa shape index (κ1) is 11.1. The number of benzene rings is 1. The van der Waals surface area contributed by atoms with Gasteiger partial charge in [-0.25, -0.2) is 0 Å². The van der Waals surface area contributed by atoms with Crippen molar-refractivity contribution >= 4 is 5.97 Å². The molecule has 1 fully saturated rings. The number of hydrogen-bond acceptors (Lipinski definition) is 2. The van der Waals surface area contributed by atoms with Crippen molar-refractivity contribution in [2.45, 2.75) is 37.6 Å². The number of carbonyl (C=O) groups is 1. The van der Waals surface area contributed by atoms with Crippen LogP contribution < -0.4 is 5.73 Å². The lowest BCUT2D eigenvalue weighted by atomic mass is 9.78. The van der Waals surface area contributed by atoms with Crippen LogP contribution in [-0.4, -0.2) is 16.6 Å². The summed E-state index contributed by atoms with van der Waals surface area (Å²) >= 11 is 0. The molecule has 3 nitrogen and oxygen atoms in total. The van der Waals surface area contributed by atoms with Crippen LogP contribution in [0.25, 0.3) is 0 Å². The van der Waals surface area contributed by atoms with Crippen molar-refractivity contribution in [2.24, 2.45) is 5.73 Å². The molecule has 0 radical (unpaired) electrons. The lowest BCUT2D eigenvalue weighted by Crippen LogP contribution is -2.54. The van der Waals surface area contributed by atoms with E-state index in [1.807, 2.05) is 31.2 Å². The van der Waals surface area contributed by atoms with E-state index in [0.717, 1.165) is 18.4 Å². The molecule has 0 saturated heterocycles. The lowest BCUT2D eigenvalue weighted by molar-refractivity contribution is -0.144. The van der Waals surface area contributed by atoms with Crippen LogP contribution in [0.5, 0.6) is 0 Å². The predicted molar refractivity (Wildman–Crippen MR) is 62.3 cm³/mol. The number of aryl methyl sites for hydroxylation is 1. The van der Waals surface area contributed by atoms with E-state index in [-0.39, 0.29) is 5.41 Å². The van der Waals surface area contributed by atoms with Crippen molar-refractivity contribution < 1.29 is 9.90 Å². The van der Waals surface area contributed by atoms with Gasteiger partial charge in [0.25, 0.3) is 0 Å². The Kier molecular flexibility index (Phi) is 2.31. The van der Waals surface area contributed by atoms with Crippen LogP contribution in [0.3, 0.4) is 0 Å². The van der Waals surface area contributed by atoms with Gasteiger partial charge in [0.05, 0.1) is 0 Å². The van der Waals surface area contributed by atoms with Crippen LogP contribution >= 0.6 is 0 Å². The summed E-state index contributed by atoms with van der Waals surface area (Å²) in [6.45, 7) is 3.63. The second kappa shape index (κ2) is 3.32. The largest absolute Gasteiger partial charge is 0.480 e. The molecule has 0 spiro atoms. The highest BCUT2D eigenvalue weighted by Crippen LogP contribution is 2.54. The molecule has 0 heterocycles. The highest BCUT2D eigenvalue weighted by atomic mass is 16.4. The Morgan fingerprint density at radius 3 is 2.25 bits per heavy atom. The summed E-state index contributed by atoms with van der Waals surface area (Å²) in [5.74, 6) is -0.925. The van der Waals surface area contributed by atoms with E-state index in [1.165, 1.54) is 5.56 Å². The number of hydrogen-bond donors (Lipinski definition) is 2. The molecule has 0 amide bonds. The molecule has 3 N–H and O–H groups in total. The Labute approximate surface area is 95.3 Å². The van der Waals surface area contributed by atoms with Crippen LogP contribution in [0.1, 0.15) is 30.9 Å². The average Bonchev–Trinajstić information content (AvgIpc) is 2.99. The van der Waals surface area contributed by atoms with Gasteiger partial charge >= 0.3 is 5.97 Å². The molecule has 86 valence electrons. The second-order valence-corrected chi connectivity index (χ2v) is 4.96. The topological polar surface area (TPSA) is 63.3 Å². The van der Waals surface area contributed by atoms with Crippen LogP contribution in [0, 0.1) is 6.92 Å². The zero-order valence-electron chi connectivity index (χ0n) is 9.66. The van der Waals surface area contributed by atoms with Crippen molar-refractivity contribution in [1.29, 1.82) is 0 Å². The number of carboxylic acids is 1. The molecule has 1 aliphatic rings. The van der Waals surface area contributed by atoms with Crippen molar-refractivity contribution in [2.75, 3.05) is 0 Å². The second-order valence-electron chi connectivity index (χ2n) is 4.96. The molecule has 1 unspecified atom stereocenters. The van der Waals surface area contributed by atoms with Crippen molar-refractivity contribution in [3.05, 3.63) is 35.4 Å². The molecular weight excluding hydrogens is 202 g/mol. The fraction of sp³-hybridized carbons (Fsp3) is 0.462. The third-order valence-corrected chi connectivity index (χ3v) is 3.79. The molecule has 3 heteroatoms. The first-order chi connectivity index (χ1) is 7.40. The summed E-state index contributed by atoms with van der Waals surface area (Å²) in [6, 6.07) is 8.01. The maximum Gasteiger partial charge on any atom is 0.324 e. The van der Waals surface area contributed by atoms with E-state index in [4.69, 9.17) is 5.73 Å². The van der Waals surface area contributed by atoms with Crippen LogP contribution in [-0.2, 0) is 10.2 Å². The first-order valence-electron chi connectivity index (χ1n) is 5.49. The summed E-state index contributed by atoms with van der Waals surface area (Å²) in [7, 11) is 0. The fourth-order valence-corrected chi connectivity index (χ4v) is 2.31. The Balaban J connectivity index is 2.40. The minimum atomic E-state index is -1.18. The van der Waals surface area contributed by atoms with Gasteiger partial charge in [0.2, 0.25) is 0 Å². The Morgan fingerprint density at radius 1 is 1.38 bits per heavy atom. The smallest absolute Gasteiger partial charge is 0.324 e. The standard InChI is InChI=1S/C13H17NO2/c1-9-3-5-10(6-4-9)13(7-8-13)12(2,14)11(15)16/h3-6H,7-8,14H2,1-2H3,(H,15,16). The van der Waals surface area contributed by atoms with E-state index in [2.05, 4.69) is 0 Å². The molecule has 1 aromatic rings. The van der Waals surface area contributed by atoms with E-state index in [9.17, 15) is 9.90 Å². The Morgan fingerprint density at radius 2 is 1.88 bits per heavy atom. The molecule has 1 aromatic carbocycles. The maximum absolute atomic E-state index is 11.2. The SMILES string of the molecule is Cc1ccc(C2(C(C)(N)C(=O)O)CC2)cc1. The number of carboxylic acid groups (broad SMARTS) is 1. The van der Waals surface area contributed by atoms with Gasteiger partial charge < -0.3 is 10.8 Å². The van der Waals surface area contributed by atoms with E-state index in [1.54, 1.807) is 6.92 Å². The van der Waals surface area contributed by atoms with Crippen LogP contribution in [0.2, 0.25) is 0 Å². The molecule has 16 heavy (non-hydrogen) atoms. The van der Waals surface area contributed by atoms with Crippen molar-refractivity contribution in [3.8, 4) is 0 Å². The summed E-state index contributed by atoms with van der Waals surface area (Å²) < 4.78 is 0. The molecule has 1 saturated carbocycles. The molecule has 0 bridgehead atoms. The molecule has 1 atom stereocenters. The van der Waals surface area contributed by atoms with Crippen LogP contribution in [0.15, 0.2) is 24.3 Å². The fourth-order valence-electron chi connectivity index (χ4n) is 2.31. The summed E-state index contributed by atoms with van der Waals surface area (Å²) in [6.07, 6.45) is 1.71. The van der Waals surface area contributed by atoms with Crippen molar-refractivity contribution in [1.82, 2.24) is 0 Å². The third-order valence-electron chi connectivity index (χ3n) is 3.79. The molecule has 0 aliphatic heterocycles. The number of rotatable bonds is 3. The normalized spacial score (nSPS) is 21.2. The summed E-state index contributed by atoms with van der Waals surface area (Å²) in [5.41, 5.74) is 6.64. The van der Waals surface area contributed by atoms with Gasteiger partial charge in [-0.05, 0) is 32.3 Å². The van der Waals surface area contributed by atoms with Crippen molar-refractivity contribution in [3.63, 3.8) is 0 Å². The van der Waals surface area contributed by atoms with Gasteiger partial charge in [0, 0.05) is 5.41 Å². The predicted octanol–water partition coefficient (Wildman–Crippen LogP) is 1.83. The van der Waals surface area contributed by atoms with Crippen LogP contribution in [0.4, 0.5) is 0 Å². The van der Waals surface area contributed by atoms with Gasteiger partial charge in [-0.15, -0.1) is 0 Å². The quantitative estimate of drug-likeness (QED) is 0.815. The minimum absolute atomic E-state index is 0.369. The molecule has 2 rings (SSSR count). The van der Waals surface area contributed by atoms with Gasteiger partial charge in [0.15, 0.2) is 0 Å². The first-order valence-corrected chi connectivity index (χ1v) is 5.49. The van der Waals surface area contributed by atoms with Gasteiger partial charge in [0.1, 0.15) is 5.54 Å². The Bertz CT molecular complexity index is 416. The highest BCUT2D eigenvalue weighted by molar-refractivity contribution is 5.82. The summed E-state index contributed by atoms with van der Waals surface area (Å²) in [4.78, 5) is 11.2. The van der Waals surface area contributed by atoms with E-state index >= 15 is 0 Å². The lowest BCUT2D eigenvalue weighted by Gasteiger charge is -2.30. The van der Waals surface area contributed by atoms with E-state index in [0.29, 0.717) is 0 Å². The van der Waals surface area contributed by atoms with Gasteiger partial charge in [-0.2, -0.15) is 0 Å². The molecular formula is C13H17NO2. The molecule has 1 aliphatic carbocycles. The zero-order valence-corrected chi connectivity index (χ0v) is 9.66. The molecule has 0 aromatic heterocycles. The monoisotopic (exact) mass is 219 g/mol.